The van der Waals surface area contributed by atoms with Crippen LogP contribution in [0.3, 0.4) is 0 Å². The molecule has 0 bridgehead atoms. The molecular weight excluding hydrogens is 496 g/mol. The molecule has 3 aromatic rings. The Morgan fingerprint density at radius 3 is 2.38 bits per heavy atom. The monoisotopic (exact) mass is 522 g/mol. The summed E-state index contributed by atoms with van der Waals surface area (Å²) in [5, 5.41) is 11.5. The fraction of sp³-hybridized carbons (Fsp3) is 0.259. The second kappa shape index (κ2) is 10.4. The second-order valence-electron chi connectivity index (χ2n) is 8.26. The lowest BCUT2D eigenvalue weighted by Gasteiger charge is -2.23. The second-order valence-corrected chi connectivity index (χ2v) is 9.24. The number of Topliss-reactive ketones (excluding diaryl/α,β-unsaturated/α-hetero) is 1. The highest BCUT2D eigenvalue weighted by Gasteiger charge is 2.48. The number of aliphatic hydroxyl groups is 1. The lowest BCUT2D eigenvalue weighted by Crippen LogP contribution is -2.29. The number of thiazole rings is 1. The number of carbonyl (C=O) groups excluding carboxylic acids is 3. The average Bonchev–Trinajstić information content (AvgIpc) is 3.40. The van der Waals surface area contributed by atoms with Gasteiger partial charge in [-0.25, -0.2) is 9.78 Å². The van der Waals surface area contributed by atoms with Gasteiger partial charge in [-0.05, 0) is 62.2 Å². The van der Waals surface area contributed by atoms with E-state index in [0.29, 0.717) is 28.3 Å². The number of rotatable bonds is 7. The molecule has 0 radical (unpaired) electrons. The van der Waals surface area contributed by atoms with Crippen LogP contribution in [0, 0.1) is 13.8 Å². The molecule has 1 fully saturated rings. The highest BCUT2D eigenvalue weighted by atomic mass is 32.1. The van der Waals surface area contributed by atoms with Crippen LogP contribution in [0.5, 0.6) is 11.5 Å². The average molecular weight is 523 g/mol. The molecule has 1 unspecified atom stereocenters. The molecule has 192 valence electrons. The molecule has 1 saturated heterocycles. The number of amides is 1. The summed E-state index contributed by atoms with van der Waals surface area (Å²) in [7, 11) is 3.07. The third-order valence-corrected chi connectivity index (χ3v) is 7.13. The first kappa shape index (κ1) is 25.9. The third kappa shape index (κ3) is 4.67. The van der Waals surface area contributed by atoms with Gasteiger partial charge in [0.05, 0.1) is 38.1 Å². The molecule has 2 aromatic carbocycles. The molecular formula is C27H26N2O7S. The number of methoxy groups -OCH3 is 2. The molecule has 1 aliphatic rings. The van der Waals surface area contributed by atoms with Crippen molar-refractivity contribution in [3.05, 3.63) is 75.3 Å². The van der Waals surface area contributed by atoms with Crippen LogP contribution >= 0.6 is 11.3 Å². The van der Waals surface area contributed by atoms with Crippen LogP contribution in [0.25, 0.3) is 5.76 Å². The first-order valence-electron chi connectivity index (χ1n) is 11.5. The van der Waals surface area contributed by atoms with Crippen molar-refractivity contribution in [1.82, 2.24) is 4.98 Å². The Morgan fingerprint density at radius 1 is 1.08 bits per heavy atom. The largest absolute Gasteiger partial charge is 0.507 e. The number of aliphatic hydroxyl groups excluding tert-OH is 1. The molecule has 1 amide bonds. The van der Waals surface area contributed by atoms with E-state index in [4.69, 9.17) is 14.2 Å². The van der Waals surface area contributed by atoms with E-state index in [0.717, 1.165) is 16.9 Å². The lowest BCUT2D eigenvalue weighted by molar-refractivity contribution is -0.132. The van der Waals surface area contributed by atoms with Gasteiger partial charge in [-0.2, -0.15) is 0 Å². The summed E-state index contributed by atoms with van der Waals surface area (Å²) < 4.78 is 15.7. The minimum Gasteiger partial charge on any atom is -0.507 e. The van der Waals surface area contributed by atoms with Gasteiger partial charge in [0.1, 0.15) is 22.1 Å². The Labute approximate surface area is 217 Å². The van der Waals surface area contributed by atoms with Gasteiger partial charge < -0.3 is 19.3 Å². The molecule has 0 spiro atoms. The number of aryl methyl sites for hydroxylation is 2. The number of ketones is 1. The molecule has 1 aromatic heterocycles. The van der Waals surface area contributed by atoms with E-state index in [2.05, 4.69) is 4.98 Å². The van der Waals surface area contributed by atoms with Crippen LogP contribution in [0.1, 0.15) is 45.0 Å². The number of hydrogen-bond acceptors (Lipinski definition) is 9. The van der Waals surface area contributed by atoms with Gasteiger partial charge in [-0.3, -0.25) is 14.5 Å². The minimum absolute atomic E-state index is 0.0923. The lowest BCUT2D eigenvalue weighted by atomic mass is 9.95. The number of nitrogens with zero attached hydrogens (tertiary/aromatic N) is 2. The van der Waals surface area contributed by atoms with Crippen molar-refractivity contribution in [2.45, 2.75) is 26.8 Å². The van der Waals surface area contributed by atoms with Gasteiger partial charge in [0.25, 0.3) is 5.78 Å². The molecule has 10 heteroatoms. The fourth-order valence-corrected chi connectivity index (χ4v) is 5.17. The number of aromatic nitrogens is 1. The summed E-state index contributed by atoms with van der Waals surface area (Å²) in [6, 6.07) is 10.8. The zero-order chi connectivity index (χ0) is 26.9. The van der Waals surface area contributed by atoms with Crippen molar-refractivity contribution in [2.24, 2.45) is 0 Å². The number of benzene rings is 2. The molecule has 37 heavy (non-hydrogen) atoms. The molecule has 9 nitrogen and oxygen atoms in total. The predicted octanol–water partition coefficient (Wildman–Crippen LogP) is 4.58. The van der Waals surface area contributed by atoms with Crippen LogP contribution in [-0.4, -0.2) is 48.6 Å². The maximum Gasteiger partial charge on any atom is 0.350 e. The van der Waals surface area contributed by atoms with E-state index in [1.807, 2.05) is 6.92 Å². The van der Waals surface area contributed by atoms with Gasteiger partial charge in [-0.15, -0.1) is 0 Å². The Kier molecular flexibility index (Phi) is 7.30. The van der Waals surface area contributed by atoms with Crippen molar-refractivity contribution in [2.75, 3.05) is 25.7 Å². The minimum atomic E-state index is -0.992. The Bertz CT molecular complexity index is 1410. The Balaban J connectivity index is 1.91. The van der Waals surface area contributed by atoms with Crippen molar-refractivity contribution < 1.29 is 33.7 Å². The van der Waals surface area contributed by atoms with Crippen LogP contribution in [0.4, 0.5) is 5.13 Å². The molecule has 0 aliphatic carbocycles. The molecule has 1 N–H and O–H groups in total. The summed E-state index contributed by atoms with van der Waals surface area (Å²) in [6.45, 7) is 5.32. The third-order valence-electron chi connectivity index (χ3n) is 6.00. The fourth-order valence-electron chi connectivity index (χ4n) is 4.18. The molecule has 0 saturated carbocycles. The molecule has 1 aliphatic heterocycles. The number of esters is 1. The summed E-state index contributed by atoms with van der Waals surface area (Å²) >= 11 is 0.955. The Hall–Kier alpha value is -4.18. The molecule has 1 atom stereocenters. The van der Waals surface area contributed by atoms with Crippen LogP contribution < -0.4 is 14.4 Å². The van der Waals surface area contributed by atoms with Gasteiger partial charge in [0.15, 0.2) is 5.13 Å². The molecule has 4 rings (SSSR count). The summed E-state index contributed by atoms with van der Waals surface area (Å²) in [5.74, 6) is -1.41. The van der Waals surface area contributed by atoms with E-state index in [-0.39, 0.29) is 27.9 Å². The number of anilines is 1. The first-order valence-corrected chi connectivity index (χ1v) is 12.3. The standard InChI is InChI=1S/C27H26N2O7S/c1-6-36-26(33)24-15(3)28-27(37-24)29-21(16-7-10-18(34-4)11-8-16)20(23(31)25(29)32)22(30)17-9-12-19(35-5)14(2)13-17/h7-13,21,30H,6H2,1-5H3. The summed E-state index contributed by atoms with van der Waals surface area (Å²) in [6.07, 6.45) is 0. The summed E-state index contributed by atoms with van der Waals surface area (Å²) in [5.41, 5.74) is 1.94. The highest BCUT2D eigenvalue weighted by molar-refractivity contribution is 7.17. The first-order chi connectivity index (χ1) is 17.7. The topological polar surface area (TPSA) is 115 Å². The normalized spacial score (nSPS) is 16.7. The van der Waals surface area contributed by atoms with Crippen molar-refractivity contribution >= 4 is 39.9 Å². The van der Waals surface area contributed by atoms with E-state index < -0.39 is 23.7 Å². The van der Waals surface area contributed by atoms with E-state index >= 15 is 0 Å². The van der Waals surface area contributed by atoms with E-state index in [9.17, 15) is 19.5 Å². The predicted molar refractivity (Wildman–Crippen MR) is 138 cm³/mol. The van der Waals surface area contributed by atoms with Crippen LogP contribution in [-0.2, 0) is 14.3 Å². The van der Waals surface area contributed by atoms with Gasteiger partial charge >= 0.3 is 11.9 Å². The number of ether oxygens (including phenoxy) is 3. The number of hydrogen-bond donors (Lipinski definition) is 1. The van der Waals surface area contributed by atoms with Gasteiger partial charge in [0.2, 0.25) is 0 Å². The maximum absolute atomic E-state index is 13.4. The summed E-state index contributed by atoms with van der Waals surface area (Å²) in [4.78, 5) is 45.0. The SMILES string of the molecule is CCOC(=O)c1sc(N2C(=O)C(=O)C(=C(O)c3ccc(OC)c(C)c3)C2c2ccc(OC)cc2)nc1C. The van der Waals surface area contributed by atoms with Gasteiger partial charge in [-0.1, -0.05) is 23.5 Å². The van der Waals surface area contributed by atoms with E-state index in [1.165, 1.54) is 19.1 Å². The zero-order valence-electron chi connectivity index (χ0n) is 21.0. The van der Waals surface area contributed by atoms with Crippen molar-refractivity contribution in [1.29, 1.82) is 0 Å². The highest BCUT2D eigenvalue weighted by Crippen LogP contribution is 2.44. The Morgan fingerprint density at radius 2 is 1.78 bits per heavy atom. The smallest absolute Gasteiger partial charge is 0.350 e. The van der Waals surface area contributed by atoms with Crippen molar-refractivity contribution in [3.63, 3.8) is 0 Å². The number of carbonyl (C=O) groups is 3. The van der Waals surface area contributed by atoms with Crippen LogP contribution in [0.15, 0.2) is 48.0 Å². The van der Waals surface area contributed by atoms with E-state index in [1.54, 1.807) is 56.3 Å². The zero-order valence-corrected chi connectivity index (χ0v) is 21.8. The molecule has 2 heterocycles. The van der Waals surface area contributed by atoms with Crippen LogP contribution in [0.2, 0.25) is 0 Å². The maximum atomic E-state index is 13.4. The van der Waals surface area contributed by atoms with Crippen molar-refractivity contribution in [3.8, 4) is 11.5 Å². The van der Waals surface area contributed by atoms with Gasteiger partial charge in [0, 0.05) is 5.56 Å². The quantitative estimate of drug-likeness (QED) is 0.208.